The Hall–Kier alpha value is -3.06. The SMILES string of the molecule is C=C1c2ccccc2C(=O)N1CC(=O)N1C(=Nc2ccccc2OCC)SCC1C. The summed E-state index contributed by atoms with van der Waals surface area (Å²) in [7, 11) is 0. The van der Waals surface area contributed by atoms with Gasteiger partial charge in [-0.1, -0.05) is 48.7 Å². The number of carbonyl (C=O) groups is 2. The van der Waals surface area contributed by atoms with Gasteiger partial charge in [0.05, 0.1) is 6.61 Å². The number of benzene rings is 2. The van der Waals surface area contributed by atoms with Gasteiger partial charge in [-0.3, -0.25) is 19.4 Å². The molecule has 2 aliphatic rings. The average Bonchev–Trinajstić information content (AvgIpc) is 3.22. The Morgan fingerprint density at radius 2 is 1.90 bits per heavy atom. The summed E-state index contributed by atoms with van der Waals surface area (Å²) in [4.78, 5) is 33.8. The monoisotopic (exact) mass is 421 g/mol. The molecule has 4 rings (SSSR count). The van der Waals surface area contributed by atoms with E-state index in [1.54, 1.807) is 11.0 Å². The third-order valence-electron chi connectivity index (χ3n) is 5.08. The molecule has 1 atom stereocenters. The first-order valence-electron chi connectivity index (χ1n) is 9.86. The minimum Gasteiger partial charge on any atom is -0.492 e. The van der Waals surface area contributed by atoms with Gasteiger partial charge < -0.3 is 4.74 Å². The van der Waals surface area contributed by atoms with Crippen LogP contribution in [0.1, 0.15) is 29.8 Å². The van der Waals surface area contributed by atoms with Gasteiger partial charge >= 0.3 is 0 Å². The fourth-order valence-electron chi connectivity index (χ4n) is 3.61. The molecule has 0 aromatic heterocycles. The smallest absolute Gasteiger partial charge is 0.259 e. The number of aliphatic imine (C=N–C) groups is 1. The molecule has 2 amide bonds. The van der Waals surface area contributed by atoms with E-state index in [0.717, 1.165) is 11.3 Å². The number of para-hydroxylation sites is 2. The lowest BCUT2D eigenvalue weighted by Gasteiger charge is -2.25. The molecule has 0 radical (unpaired) electrons. The number of amides is 2. The van der Waals surface area contributed by atoms with Crippen molar-refractivity contribution in [3.8, 4) is 5.75 Å². The Morgan fingerprint density at radius 1 is 1.20 bits per heavy atom. The van der Waals surface area contributed by atoms with Crippen molar-refractivity contribution in [2.45, 2.75) is 19.9 Å². The van der Waals surface area contributed by atoms with Crippen LogP contribution in [0.25, 0.3) is 5.70 Å². The molecule has 6 nitrogen and oxygen atoms in total. The topological polar surface area (TPSA) is 62.2 Å². The van der Waals surface area contributed by atoms with Crippen molar-refractivity contribution in [1.82, 2.24) is 9.80 Å². The van der Waals surface area contributed by atoms with Gasteiger partial charge in [-0.2, -0.15) is 0 Å². The number of rotatable bonds is 5. The summed E-state index contributed by atoms with van der Waals surface area (Å²) in [5.74, 6) is 1.06. The van der Waals surface area contributed by atoms with Gasteiger partial charge in [0.1, 0.15) is 18.0 Å². The maximum Gasteiger partial charge on any atom is 0.259 e. The number of hydrogen-bond donors (Lipinski definition) is 0. The van der Waals surface area contributed by atoms with E-state index in [9.17, 15) is 9.59 Å². The van der Waals surface area contributed by atoms with Crippen molar-refractivity contribution in [1.29, 1.82) is 0 Å². The standard InChI is InChI=1S/C23H23N3O3S/c1-4-29-20-12-8-7-11-19(20)24-23-26(15(2)14-30-23)21(27)13-25-16(3)17-9-5-6-10-18(17)22(25)28/h5-12,15H,3-4,13-14H2,1-2H3. The molecule has 30 heavy (non-hydrogen) atoms. The lowest BCUT2D eigenvalue weighted by molar-refractivity contribution is -0.128. The van der Waals surface area contributed by atoms with Gasteiger partial charge in [-0.25, -0.2) is 4.99 Å². The molecule has 1 fully saturated rings. The van der Waals surface area contributed by atoms with Crippen LogP contribution in [0.3, 0.4) is 0 Å². The summed E-state index contributed by atoms with van der Waals surface area (Å²) in [5, 5.41) is 0.620. The first kappa shape index (κ1) is 20.2. The van der Waals surface area contributed by atoms with Gasteiger partial charge in [0.25, 0.3) is 5.91 Å². The number of nitrogens with zero attached hydrogens (tertiary/aromatic N) is 3. The van der Waals surface area contributed by atoms with Crippen molar-refractivity contribution in [3.63, 3.8) is 0 Å². The molecular weight excluding hydrogens is 398 g/mol. The van der Waals surface area contributed by atoms with E-state index in [0.29, 0.717) is 34.5 Å². The number of carbonyl (C=O) groups excluding carboxylic acids is 2. The highest BCUT2D eigenvalue weighted by Crippen LogP contribution is 2.34. The number of ether oxygens (including phenoxy) is 1. The highest BCUT2D eigenvalue weighted by molar-refractivity contribution is 8.14. The molecule has 0 bridgehead atoms. The minimum absolute atomic E-state index is 0.0196. The number of hydrogen-bond acceptors (Lipinski definition) is 5. The van der Waals surface area contributed by atoms with Crippen molar-refractivity contribution >= 4 is 40.1 Å². The molecule has 1 saturated heterocycles. The molecule has 2 aromatic carbocycles. The molecule has 2 aromatic rings. The van der Waals surface area contributed by atoms with Crippen LogP contribution in [-0.2, 0) is 4.79 Å². The zero-order valence-electron chi connectivity index (χ0n) is 17.0. The van der Waals surface area contributed by atoms with Crippen molar-refractivity contribution in [2.24, 2.45) is 4.99 Å². The quantitative estimate of drug-likeness (QED) is 0.727. The predicted molar refractivity (Wildman–Crippen MR) is 120 cm³/mol. The van der Waals surface area contributed by atoms with Gasteiger partial charge in [0.15, 0.2) is 5.17 Å². The van der Waals surface area contributed by atoms with E-state index in [1.807, 2.05) is 56.3 Å². The first-order chi connectivity index (χ1) is 14.5. The van der Waals surface area contributed by atoms with E-state index in [4.69, 9.17) is 9.73 Å². The fraction of sp³-hybridized carbons (Fsp3) is 0.261. The van der Waals surface area contributed by atoms with Crippen LogP contribution in [0.4, 0.5) is 5.69 Å². The van der Waals surface area contributed by atoms with Crippen molar-refractivity contribution in [2.75, 3.05) is 18.9 Å². The fourth-order valence-corrected chi connectivity index (χ4v) is 4.73. The van der Waals surface area contributed by atoms with E-state index < -0.39 is 0 Å². The van der Waals surface area contributed by atoms with Crippen LogP contribution in [0.5, 0.6) is 5.75 Å². The second kappa shape index (κ2) is 8.36. The molecule has 2 heterocycles. The minimum atomic E-state index is -0.191. The van der Waals surface area contributed by atoms with E-state index in [2.05, 4.69) is 6.58 Å². The summed E-state index contributed by atoms with van der Waals surface area (Å²) in [6.07, 6.45) is 0. The van der Waals surface area contributed by atoms with Gasteiger partial charge in [0, 0.05) is 28.6 Å². The molecule has 0 N–H and O–H groups in total. The highest BCUT2D eigenvalue weighted by Gasteiger charge is 2.37. The molecule has 2 aliphatic heterocycles. The number of fused-ring (bicyclic) bond motifs is 1. The zero-order valence-corrected chi connectivity index (χ0v) is 17.8. The third-order valence-corrected chi connectivity index (χ3v) is 6.28. The van der Waals surface area contributed by atoms with Crippen molar-refractivity contribution < 1.29 is 14.3 Å². The van der Waals surface area contributed by atoms with E-state index >= 15 is 0 Å². The molecular formula is C23H23N3O3S. The number of amidine groups is 1. The Kier molecular flexibility index (Phi) is 5.63. The van der Waals surface area contributed by atoms with Crippen LogP contribution < -0.4 is 4.74 Å². The Balaban J connectivity index is 1.58. The Bertz CT molecular complexity index is 1010. The van der Waals surface area contributed by atoms with Gasteiger partial charge in [0.2, 0.25) is 5.91 Å². The second-order valence-corrected chi connectivity index (χ2v) is 8.09. The maximum absolute atomic E-state index is 13.2. The zero-order chi connectivity index (χ0) is 21.3. The Morgan fingerprint density at radius 3 is 2.63 bits per heavy atom. The lowest BCUT2D eigenvalue weighted by atomic mass is 10.1. The molecule has 0 aliphatic carbocycles. The third kappa shape index (κ3) is 3.61. The summed E-state index contributed by atoms with van der Waals surface area (Å²) < 4.78 is 5.66. The molecule has 154 valence electrons. The molecule has 0 spiro atoms. The summed E-state index contributed by atoms with van der Waals surface area (Å²) in [6.45, 7) is 8.40. The summed E-state index contributed by atoms with van der Waals surface area (Å²) in [6, 6.07) is 14.8. The van der Waals surface area contributed by atoms with Crippen molar-refractivity contribution in [3.05, 3.63) is 66.2 Å². The highest BCUT2D eigenvalue weighted by atomic mass is 32.2. The van der Waals surface area contributed by atoms with Crippen LogP contribution in [-0.4, -0.2) is 51.7 Å². The first-order valence-corrected chi connectivity index (χ1v) is 10.9. The second-order valence-electron chi connectivity index (χ2n) is 7.10. The van der Waals surface area contributed by atoms with Crippen LogP contribution in [0.15, 0.2) is 60.1 Å². The van der Waals surface area contributed by atoms with E-state index in [1.165, 1.54) is 16.7 Å². The van der Waals surface area contributed by atoms with Crippen LogP contribution in [0, 0.1) is 0 Å². The molecule has 7 heteroatoms. The Labute approximate surface area is 180 Å². The normalized spacial score (nSPS) is 19.5. The van der Waals surface area contributed by atoms with Gasteiger partial charge in [-0.15, -0.1) is 0 Å². The molecule has 1 unspecified atom stereocenters. The van der Waals surface area contributed by atoms with Crippen LogP contribution in [0.2, 0.25) is 0 Å². The lowest BCUT2D eigenvalue weighted by Crippen LogP contribution is -2.44. The average molecular weight is 422 g/mol. The number of thioether (sulfide) groups is 1. The van der Waals surface area contributed by atoms with E-state index in [-0.39, 0.29) is 24.4 Å². The van der Waals surface area contributed by atoms with Gasteiger partial charge in [-0.05, 0) is 32.0 Å². The van der Waals surface area contributed by atoms with Crippen LogP contribution >= 0.6 is 11.8 Å². The maximum atomic E-state index is 13.2. The predicted octanol–water partition coefficient (Wildman–Crippen LogP) is 4.16. The summed E-state index contributed by atoms with van der Waals surface area (Å²) >= 11 is 1.53. The largest absolute Gasteiger partial charge is 0.492 e. The molecule has 0 saturated carbocycles. The summed E-state index contributed by atoms with van der Waals surface area (Å²) in [5.41, 5.74) is 2.60.